The van der Waals surface area contributed by atoms with Crippen LogP contribution in [0, 0.1) is 12.8 Å². The molecule has 0 atom stereocenters. The lowest BCUT2D eigenvalue weighted by Gasteiger charge is -2.34. The van der Waals surface area contributed by atoms with Gasteiger partial charge in [0.1, 0.15) is 5.75 Å². The molecule has 1 fully saturated rings. The molecule has 2 aromatic carbocycles. The van der Waals surface area contributed by atoms with Gasteiger partial charge in [0.2, 0.25) is 0 Å². The quantitative estimate of drug-likeness (QED) is 0.640. The number of para-hydroxylation sites is 2. The van der Waals surface area contributed by atoms with Gasteiger partial charge in [-0.25, -0.2) is 13.2 Å². The van der Waals surface area contributed by atoms with Crippen LogP contribution >= 0.6 is 0 Å². The van der Waals surface area contributed by atoms with E-state index in [0.29, 0.717) is 49.8 Å². The van der Waals surface area contributed by atoms with Crippen LogP contribution < -0.4 is 9.46 Å². The second-order valence-electron chi connectivity index (χ2n) is 8.54. The van der Waals surface area contributed by atoms with Gasteiger partial charge in [-0.2, -0.15) is 0 Å². The number of nitrogens with one attached hydrogen (secondary N) is 1. The molecule has 0 saturated carbocycles. The van der Waals surface area contributed by atoms with Gasteiger partial charge in [-0.3, -0.25) is 9.52 Å². The molecule has 2 aromatic rings. The van der Waals surface area contributed by atoms with Crippen molar-refractivity contribution in [1.29, 1.82) is 0 Å². The SMILES string of the molecule is COc1ccccc1NS(=O)(=O)c1cc(C(=O)N2CCN(C(=O)OCC(C)C)CC2)ccc1C. The minimum Gasteiger partial charge on any atom is -0.495 e. The third kappa shape index (κ3) is 5.99. The van der Waals surface area contributed by atoms with Gasteiger partial charge in [-0.05, 0) is 42.7 Å². The number of piperazine rings is 1. The zero-order valence-corrected chi connectivity index (χ0v) is 20.7. The molecule has 2 amide bonds. The van der Waals surface area contributed by atoms with Gasteiger partial charge in [0.05, 0.1) is 24.3 Å². The van der Waals surface area contributed by atoms with Crippen LogP contribution in [0.1, 0.15) is 29.8 Å². The molecule has 9 nitrogen and oxygen atoms in total. The van der Waals surface area contributed by atoms with E-state index in [9.17, 15) is 18.0 Å². The summed E-state index contributed by atoms with van der Waals surface area (Å²) in [7, 11) is -2.51. The first-order valence-electron chi connectivity index (χ1n) is 11.1. The van der Waals surface area contributed by atoms with Gasteiger partial charge in [0, 0.05) is 31.7 Å². The lowest BCUT2D eigenvalue weighted by molar-refractivity contribution is 0.0535. The van der Waals surface area contributed by atoms with Crippen LogP contribution in [0.25, 0.3) is 0 Å². The van der Waals surface area contributed by atoms with Gasteiger partial charge >= 0.3 is 6.09 Å². The minimum atomic E-state index is -3.97. The fourth-order valence-electron chi connectivity index (χ4n) is 3.56. The molecule has 0 spiro atoms. The van der Waals surface area contributed by atoms with Crippen molar-refractivity contribution >= 4 is 27.7 Å². The Balaban J connectivity index is 1.72. The number of rotatable bonds is 7. The maximum atomic E-state index is 13.1. The number of amides is 2. The molecule has 1 aliphatic heterocycles. The van der Waals surface area contributed by atoms with Crippen molar-refractivity contribution in [2.75, 3.05) is 44.6 Å². The molecule has 3 rings (SSSR count). The molecule has 1 saturated heterocycles. The average Bonchev–Trinajstić information content (AvgIpc) is 2.82. The van der Waals surface area contributed by atoms with Crippen molar-refractivity contribution in [3.05, 3.63) is 53.6 Å². The molecular formula is C24H31N3O6S. The van der Waals surface area contributed by atoms with E-state index >= 15 is 0 Å². The topological polar surface area (TPSA) is 105 Å². The second kappa shape index (κ2) is 10.8. The molecule has 1 aliphatic rings. The lowest BCUT2D eigenvalue weighted by Crippen LogP contribution is -2.50. The van der Waals surface area contributed by atoms with Gasteiger partial charge in [-0.15, -0.1) is 0 Å². The van der Waals surface area contributed by atoms with Crippen molar-refractivity contribution < 1.29 is 27.5 Å². The van der Waals surface area contributed by atoms with Crippen LogP contribution in [-0.4, -0.2) is 70.1 Å². The van der Waals surface area contributed by atoms with Crippen LogP contribution in [0.5, 0.6) is 5.75 Å². The third-order valence-electron chi connectivity index (χ3n) is 5.44. The Morgan fingerprint density at radius 2 is 1.68 bits per heavy atom. The first kappa shape index (κ1) is 25.4. The summed E-state index contributed by atoms with van der Waals surface area (Å²) in [4.78, 5) is 28.5. The van der Waals surface area contributed by atoms with Crippen LogP contribution in [0.3, 0.4) is 0 Å². The van der Waals surface area contributed by atoms with Crippen LogP contribution in [0.4, 0.5) is 10.5 Å². The highest BCUT2D eigenvalue weighted by atomic mass is 32.2. The predicted octanol–water partition coefficient (Wildman–Crippen LogP) is 3.35. The highest BCUT2D eigenvalue weighted by Crippen LogP contribution is 2.28. The van der Waals surface area contributed by atoms with Gasteiger partial charge in [0.15, 0.2) is 0 Å². The number of anilines is 1. The van der Waals surface area contributed by atoms with E-state index in [1.165, 1.54) is 13.2 Å². The van der Waals surface area contributed by atoms with E-state index in [0.717, 1.165) is 0 Å². The molecule has 34 heavy (non-hydrogen) atoms. The van der Waals surface area contributed by atoms with E-state index in [4.69, 9.17) is 9.47 Å². The van der Waals surface area contributed by atoms with Gasteiger partial charge in [-0.1, -0.05) is 32.0 Å². The summed E-state index contributed by atoms with van der Waals surface area (Å²) in [6, 6.07) is 11.3. The number of carbonyl (C=O) groups excluding carboxylic acids is 2. The number of benzene rings is 2. The molecule has 0 bridgehead atoms. The van der Waals surface area contributed by atoms with E-state index in [1.807, 2.05) is 13.8 Å². The number of hydrogen-bond donors (Lipinski definition) is 1. The smallest absolute Gasteiger partial charge is 0.409 e. The maximum Gasteiger partial charge on any atom is 0.409 e. The van der Waals surface area contributed by atoms with Crippen LogP contribution in [0.15, 0.2) is 47.4 Å². The van der Waals surface area contributed by atoms with Crippen LogP contribution in [-0.2, 0) is 14.8 Å². The molecule has 0 aromatic heterocycles. The lowest BCUT2D eigenvalue weighted by atomic mass is 10.1. The number of sulfonamides is 1. The first-order valence-corrected chi connectivity index (χ1v) is 12.6. The molecule has 0 unspecified atom stereocenters. The molecular weight excluding hydrogens is 458 g/mol. The zero-order valence-electron chi connectivity index (χ0n) is 19.9. The maximum absolute atomic E-state index is 13.1. The van der Waals surface area contributed by atoms with E-state index in [2.05, 4.69) is 4.72 Å². The largest absolute Gasteiger partial charge is 0.495 e. The number of carbonyl (C=O) groups is 2. The summed E-state index contributed by atoms with van der Waals surface area (Å²) in [5.74, 6) is 0.348. The normalized spacial score (nSPS) is 14.1. The summed E-state index contributed by atoms with van der Waals surface area (Å²) >= 11 is 0. The van der Waals surface area contributed by atoms with Crippen molar-refractivity contribution in [2.24, 2.45) is 5.92 Å². The highest BCUT2D eigenvalue weighted by molar-refractivity contribution is 7.92. The number of hydrogen-bond acceptors (Lipinski definition) is 6. The average molecular weight is 490 g/mol. The van der Waals surface area contributed by atoms with E-state index in [1.54, 1.807) is 53.1 Å². The Hall–Kier alpha value is -3.27. The fourth-order valence-corrected chi connectivity index (χ4v) is 4.90. The Morgan fingerprint density at radius 3 is 2.32 bits per heavy atom. The summed E-state index contributed by atoms with van der Waals surface area (Å²) in [6.07, 6.45) is -0.382. The number of aryl methyl sites for hydroxylation is 1. The highest BCUT2D eigenvalue weighted by Gasteiger charge is 2.27. The molecule has 0 radical (unpaired) electrons. The minimum absolute atomic E-state index is 0.0140. The molecule has 10 heteroatoms. The number of ether oxygens (including phenoxy) is 2. The van der Waals surface area contributed by atoms with Crippen molar-refractivity contribution in [2.45, 2.75) is 25.7 Å². The molecule has 1 heterocycles. The number of nitrogens with zero attached hydrogens (tertiary/aromatic N) is 2. The summed E-state index contributed by atoms with van der Waals surface area (Å²) in [5.41, 5.74) is 1.08. The molecule has 0 aliphatic carbocycles. The second-order valence-corrected chi connectivity index (χ2v) is 10.2. The number of methoxy groups -OCH3 is 1. The summed E-state index contributed by atoms with van der Waals surface area (Å²) in [5, 5.41) is 0. The van der Waals surface area contributed by atoms with Crippen molar-refractivity contribution in [1.82, 2.24) is 9.80 Å². The third-order valence-corrected chi connectivity index (χ3v) is 6.95. The monoisotopic (exact) mass is 489 g/mol. The Morgan fingerprint density at radius 1 is 1.03 bits per heavy atom. The van der Waals surface area contributed by atoms with Gasteiger partial charge < -0.3 is 19.3 Å². The van der Waals surface area contributed by atoms with Gasteiger partial charge in [0.25, 0.3) is 15.9 Å². The Kier molecular flexibility index (Phi) is 8.03. The molecule has 184 valence electrons. The predicted molar refractivity (Wildman–Crippen MR) is 129 cm³/mol. The molecule has 1 N–H and O–H groups in total. The zero-order chi connectivity index (χ0) is 24.9. The van der Waals surface area contributed by atoms with E-state index in [-0.39, 0.29) is 28.4 Å². The Bertz CT molecular complexity index is 1140. The Labute approximate surface area is 200 Å². The summed E-state index contributed by atoms with van der Waals surface area (Å²) in [6.45, 7) is 7.34. The van der Waals surface area contributed by atoms with Crippen LogP contribution in [0.2, 0.25) is 0 Å². The fraction of sp³-hybridized carbons (Fsp3) is 0.417. The first-order chi connectivity index (χ1) is 16.1. The van der Waals surface area contributed by atoms with Crippen molar-refractivity contribution in [3.63, 3.8) is 0 Å². The summed E-state index contributed by atoms with van der Waals surface area (Å²) < 4.78 is 39.3. The van der Waals surface area contributed by atoms with E-state index < -0.39 is 10.0 Å². The standard InChI is InChI=1S/C24H31N3O6S/c1-17(2)16-33-24(29)27-13-11-26(12-14-27)23(28)19-10-9-18(3)22(15-19)34(30,31)25-20-7-5-6-8-21(20)32-4/h5-10,15,17,25H,11-14,16H2,1-4H3. The van der Waals surface area contributed by atoms with Crippen molar-refractivity contribution in [3.8, 4) is 5.75 Å².